The Hall–Kier alpha value is -0.540. The van der Waals surface area contributed by atoms with Crippen molar-refractivity contribution in [1.29, 1.82) is 0 Å². The molecule has 0 fully saturated rings. The normalized spacial score (nSPS) is 15.2. The average Bonchev–Trinajstić information content (AvgIpc) is 2.80. The first kappa shape index (κ1) is 16.3. The standard InChI is InChI=1S/C17H12I2O2S/c1-2-21-17-10(7-11(18)9-13(17)19)8-15-16(20)12-5-3-4-6-14(12)22-15/h3-9H,2H2,1H3. The largest absolute Gasteiger partial charge is 0.492 e. The molecule has 2 nitrogen and oxygen atoms in total. The molecule has 1 heterocycles. The molecular formula is C17H12I2O2S. The zero-order valence-corrected chi connectivity index (χ0v) is 16.9. The highest BCUT2D eigenvalue weighted by Gasteiger charge is 2.25. The summed E-state index contributed by atoms with van der Waals surface area (Å²) < 4.78 is 7.96. The smallest absolute Gasteiger partial charge is 0.200 e. The van der Waals surface area contributed by atoms with Gasteiger partial charge in [-0.05, 0) is 82.4 Å². The number of carbonyl (C=O) groups is 1. The number of carbonyl (C=O) groups excluding carboxylic acids is 1. The lowest BCUT2D eigenvalue weighted by Crippen LogP contribution is -1.99. The van der Waals surface area contributed by atoms with Crippen LogP contribution in [0.3, 0.4) is 0 Å². The summed E-state index contributed by atoms with van der Waals surface area (Å²) in [6.45, 7) is 2.57. The van der Waals surface area contributed by atoms with Gasteiger partial charge in [0.05, 0.1) is 15.1 Å². The Kier molecular flexibility index (Phi) is 5.13. The molecule has 0 atom stereocenters. The predicted octanol–water partition coefficient (Wildman–Crippen LogP) is 5.62. The molecule has 0 bridgehead atoms. The van der Waals surface area contributed by atoms with E-state index >= 15 is 0 Å². The third-order valence-corrected chi connectivity index (χ3v) is 5.71. The van der Waals surface area contributed by atoms with Crippen molar-refractivity contribution < 1.29 is 9.53 Å². The number of thioether (sulfide) groups is 1. The Morgan fingerprint density at radius 1 is 1.23 bits per heavy atom. The Morgan fingerprint density at radius 3 is 2.73 bits per heavy atom. The van der Waals surface area contributed by atoms with Crippen LogP contribution in [-0.2, 0) is 0 Å². The van der Waals surface area contributed by atoms with E-state index in [0.717, 1.165) is 33.8 Å². The number of fused-ring (bicyclic) bond motifs is 1. The molecular weight excluding hydrogens is 522 g/mol. The second-order valence-electron chi connectivity index (χ2n) is 4.67. The van der Waals surface area contributed by atoms with Crippen LogP contribution < -0.4 is 4.74 Å². The highest BCUT2D eigenvalue weighted by atomic mass is 127. The average molecular weight is 534 g/mol. The van der Waals surface area contributed by atoms with E-state index in [-0.39, 0.29) is 5.78 Å². The van der Waals surface area contributed by atoms with E-state index in [9.17, 15) is 4.79 Å². The fourth-order valence-corrected chi connectivity index (χ4v) is 5.35. The number of hydrogen-bond acceptors (Lipinski definition) is 3. The Balaban J connectivity index is 2.05. The van der Waals surface area contributed by atoms with Gasteiger partial charge in [-0.1, -0.05) is 23.9 Å². The molecule has 0 unspecified atom stereocenters. The molecule has 2 aromatic carbocycles. The van der Waals surface area contributed by atoms with Gasteiger partial charge in [0.15, 0.2) is 0 Å². The number of rotatable bonds is 3. The molecule has 0 saturated carbocycles. The molecule has 0 aromatic heterocycles. The summed E-state index contributed by atoms with van der Waals surface area (Å²) in [7, 11) is 0. The summed E-state index contributed by atoms with van der Waals surface area (Å²) in [6.07, 6.45) is 1.95. The van der Waals surface area contributed by atoms with Gasteiger partial charge in [-0.25, -0.2) is 0 Å². The van der Waals surface area contributed by atoms with E-state index in [1.807, 2.05) is 37.3 Å². The molecule has 3 rings (SSSR count). The first-order valence-corrected chi connectivity index (χ1v) is 9.72. The van der Waals surface area contributed by atoms with Crippen LogP contribution in [0.4, 0.5) is 0 Å². The van der Waals surface area contributed by atoms with Crippen LogP contribution in [-0.4, -0.2) is 12.4 Å². The molecule has 2 aromatic rings. The van der Waals surface area contributed by atoms with E-state index in [1.54, 1.807) is 0 Å². The fourth-order valence-electron chi connectivity index (χ4n) is 2.26. The minimum Gasteiger partial charge on any atom is -0.492 e. The third kappa shape index (κ3) is 3.21. The zero-order valence-electron chi connectivity index (χ0n) is 11.7. The second-order valence-corrected chi connectivity index (χ2v) is 8.17. The van der Waals surface area contributed by atoms with Gasteiger partial charge in [0.1, 0.15) is 5.75 Å². The zero-order chi connectivity index (χ0) is 15.7. The molecule has 0 aliphatic carbocycles. The van der Waals surface area contributed by atoms with E-state index < -0.39 is 0 Å². The fraction of sp³-hybridized carbons (Fsp3) is 0.118. The van der Waals surface area contributed by atoms with Crippen molar-refractivity contribution in [3.8, 4) is 5.75 Å². The second kappa shape index (κ2) is 6.92. The minimum atomic E-state index is 0.0944. The number of hydrogen-bond donors (Lipinski definition) is 0. The number of ketones is 1. The van der Waals surface area contributed by atoms with Crippen LogP contribution in [0.25, 0.3) is 6.08 Å². The first-order valence-electron chi connectivity index (χ1n) is 6.75. The Bertz CT molecular complexity index is 784. The Labute approximate surface area is 161 Å². The van der Waals surface area contributed by atoms with Gasteiger partial charge in [0, 0.05) is 19.6 Å². The van der Waals surface area contributed by atoms with Crippen molar-refractivity contribution in [3.05, 3.63) is 59.6 Å². The van der Waals surface area contributed by atoms with E-state index in [0.29, 0.717) is 6.61 Å². The Morgan fingerprint density at radius 2 is 2.00 bits per heavy atom. The molecule has 0 amide bonds. The van der Waals surface area contributed by atoms with Gasteiger partial charge in [-0.3, -0.25) is 4.79 Å². The van der Waals surface area contributed by atoms with Crippen LogP contribution >= 0.6 is 56.9 Å². The van der Waals surface area contributed by atoms with Gasteiger partial charge in [0.2, 0.25) is 5.78 Å². The van der Waals surface area contributed by atoms with E-state index in [4.69, 9.17) is 4.74 Å². The number of Topliss-reactive ketones (excluding diaryl/α,β-unsaturated/α-hetero) is 1. The van der Waals surface area contributed by atoms with E-state index in [1.165, 1.54) is 11.8 Å². The number of ether oxygens (including phenoxy) is 1. The first-order chi connectivity index (χ1) is 10.6. The SMILES string of the molecule is CCOc1c(I)cc(I)cc1C=C1Sc2ccccc2C1=O. The van der Waals surface area contributed by atoms with Gasteiger partial charge >= 0.3 is 0 Å². The van der Waals surface area contributed by atoms with Crippen LogP contribution in [0.5, 0.6) is 5.75 Å². The summed E-state index contributed by atoms with van der Waals surface area (Å²) in [6, 6.07) is 11.9. The monoisotopic (exact) mass is 534 g/mol. The molecule has 0 radical (unpaired) electrons. The lowest BCUT2D eigenvalue weighted by molar-refractivity contribution is 0.104. The lowest BCUT2D eigenvalue weighted by atomic mass is 10.1. The highest BCUT2D eigenvalue weighted by molar-refractivity contribution is 14.1. The summed E-state index contributed by atoms with van der Waals surface area (Å²) in [5.74, 6) is 0.942. The summed E-state index contributed by atoms with van der Waals surface area (Å²) in [5, 5.41) is 0. The minimum absolute atomic E-state index is 0.0944. The van der Waals surface area contributed by atoms with Gasteiger partial charge in [-0.15, -0.1) is 0 Å². The molecule has 112 valence electrons. The lowest BCUT2D eigenvalue weighted by Gasteiger charge is -2.11. The van der Waals surface area contributed by atoms with Crippen molar-refractivity contribution in [2.24, 2.45) is 0 Å². The number of benzene rings is 2. The van der Waals surface area contributed by atoms with Gasteiger partial charge in [-0.2, -0.15) is 0 Å². The summed E-state index contributed by atoms with van der Waals surface area (Å²) in [4.78, 5) is 14.3. The number of halogens is 2. The molecule has 22 heavy (non-hydrogen) atoms. The van der Waals surface area contributed by atoms with Crippen molar-refractivity contribution in [3.63, 3.8) is 0 Å². The maximum Gasteiger partial charge on any atom is 0.200 e. The maximum absolute atomic E-state index is 12.5. The predicted molar refractivity (Wildman–Crippen MR) is 108 cm³/mol. The van der Waals surface area contributed by atoms with Gasteiger partial charge < -0.3 is 4.74 Å². The van der Waals surface area contributed by atoms with Crippen LogP contribution in [0, 0.1) is 7.14 Å². The highest BCUT2D eigenvalue weighted by Crippen LogP contribution is 2.42. The molecule has 0 spiro atoms. The molecule has 1 aliphatic heterocycles. The quantitative estimate of drug-likeness (QED) is 0.378. The molecule has 0 saturated heterocycles. The van der Waals surface area contributed by atoms with Crippen molar-refractivity contribution in [2.75, 3.05) is 6.61 Å². The van der Waals surface area contributed by atoms with Crippen LogP contribution in [0.2, 0.25) is 0 Å². The molecule has 1 aliphatic rings. The van der Waals surface area contributed by atoms with Crippen molar-refractivity contribution >= 4 is 68.8 Å². The topological polar surface area (TPSA) is 26.3 Å². The maximum atomic E-state index is 12.5. The van der Waals surface area contributed by atoms with E-state index in [2.05, 4.69) is 57.3 Å². The molecule has 0 N–H and O–H groups in total. The van der Waals surface area contributed by atoms with Gasteiger partial charge in [0.25, 0.3) is 0 Å². The molecule has 5 heteroatoms. The van der Waals surface area contributed by atoms with Crippen LogP contribution in [0.1, 0.15) is 22.8 Å². The summed E-state index contributed by atoms with van der Waals surface area (Å²) in [5.41, 5.74) is 1.75. The van der Waals surface area contributed by atoms with Crippen molar-refractivity contribution in [2.45, 2.75) is 11.8 Å². The summed E-state index contributed by atoms with van der Waals surface area (Å²) >= 11 is 6.09. The number of allylic oxidation sites excluding steroid dienone is 1. The van der Waals surface area contributed by atoms with Crippen molar-refractivity contribution in [1.82, 2.24) is 0 Å². The third-order valence-electron chi connectivity index (χ3n) is 3.19. The van der Waals surface area contributed by atoms with Crippen LogP contribution in [0.15, 0.2) is 46.2 Å².